The minimum absolute atomic E-state index is 0.104. The molecule has 0 saturated heterocycles. The summed E-state index contributed by atoms with van der Waals surface area (Å²) >= 11 is 0. The quantitative estimate of drug-likeness (QED) is 0.0262. The summed E-state index contributed by atoms with van der Waals surface area (Å²) in [6, 6.07) is 0. The van der Waals surface area contributed by atoms with Crippen molar-refractivity contribution in [1.82, 2.24) is 0 Å². The van der Waals surface area contributed by atoms with Crippen LogP contribution in [-0.2, 0) is 28.6 Å². The van der Waals surface area contributed by atoms with Crippen molar-refractivity contribution in [1.29, 1.82) is 0 Å². The molecule has 0 bridgehead atoms. The third-order valence-corrected chi connectivity index (χ3v) is 10.5. The summed E-state index contributed by atoms with van der Waals surface area (Å²) in [5.41, 5.74) is 0. The van der Waals surface area contributed by atoms with Gasteiger partial charge in [0, 0.05) is 19.3 Å². The van der Waals surface area contributed by atoms with Crippen molar-refractivity contribution in [3.05, 3.63) is 97.2 Å². The van der Waals surface area contributed by atoms with E-state index in [2.05, 4.69) is 118 Å². The molecule has 0 aromatic carbocycles. The lowest BCUT2D eigenvalue weighted by atomic mass is 10.1. The van der Waals surface area contributed by atoms with E-state index in [-0.39, 0.29) is 37.5 Å². The molecule has 0 N–H and O–H groups in total. The molecule has 358 valence electrons. The van der Waals surface area contributed by atoms with E-state index in [4.69, 9.17) is 14.2 Å². The van der Waals surface area contributed by atoms with Gasteiger partial charge in [-0.15, -0.1) is 0 Å². The Hall–Kier alpha value is -3.67. The number of allylic oxidation sites excluding steroid dienone is 16. The first-order chi connectivity index (χ1) is 31.0. The van der Waals surface area contributed by atoms with Crippen molar-refractivity contribution in [3.63, 3.8) is 0 Å². The Kier molecular flexibility index (Phi) is 48.0. The van der Waals surface area contributed by atoms with Crippen molar-refractivity contribution in [2.24, 2.45) is 0 Å². The molecule has 0 radical (unpaired) electrons. The number of esters is 3. The fraction of sp³-hybridized carbons (Fsp3) is 0.667. The van der Waals surface area contributed by atoms with E-state index < -0.39 is 6.10 Å². The number of unbranched alkanes of at least 4 members (excludes halogenated alkanes) is 18. The van der Waals surface area contributed by atoms with Gasteiger partial charge in [0.1, 0.15) is 13.2 Å². The molecule has 63 heavy (non-hydrogen) atoms. The van der Waals surface area contributed by atoms with Crippen LogP contribution in [-0.4, -0.2) is 37.2 Å². The number of rotatable bonds is 45. The van der Waals surface area contributed by atoms with E-state index in [1.807, 2.05) is 0 Å². The van der Waals surface area contributed by atoms with Gasteiger partial charge in [0.15, 0.2) is 6.10 Å². The molecular formula is C57H94O6. The summed E-state index contributed by atoms with van der Waals surface area (Å²) in [6.45, 7) is 6.39. The predicted molar refractivity (Wildman–Crippen MR) is 270 cm³/mol. The summed E-state index contributed by atoms with van der Waals surface area (Å²) < 4.78 is 16.7. The van der Waals surface area contributed by atoms with Crippen LogP contribution in [0.5, 0.6) is 0 Å². The Balaban J connectivity index is 4.46. The maximum absolute atomic E-state index is 12.8. The highest BCUT2D eigenvalue weighted by Crippen LogP contribution is 2.13. The molecule has 0 saturated carbocycles. The molecule has 0 spiro atoms. The van der Waals surface area contributed by atoms with Crippen molar-refractivity contribution in [2.45, 2.75) is 232 Å². The van der Waals surface area contributed by atoms with Crippen LogP contribution < -0.4 is 0 Å². The van der Waals surface area contributed by atoms with Crippen LogP contribution in [0.3, 0.4) is 0 Å². The molecule has 0 aromatic rings. The summed E-state index contributed by atoms with van der Waals surface area (Å²) in [5.74, 6) is -0.973. The molecule has 0 unspecified atom stereocenters. The Bertz CT molecular complexity index is 1280. The van der Waals surface area contributed by atoms with E-state index in [0.717, 1.165) is 116 Å². The number of carbonyl (C=O) groups is 3. The zero-order valence-corrected chi connectivity index (χ0v) is 40.8. The Morgan fingerprint density at radius 1 is 0.333 bits per heavy atom. The zero-order chi connectivity index (χ0) is 45.8. The lowest BCUT2D eigenvalue weighted by Crippen LogP contribution is -2.30. The second-order valence-corrected chi connectivity index (χ2v) is 16.7. The number of hydrogen-bond donors (Lipinski definition) is 0. The van der Waals surface area contributed by atoms with Gasteiger partial charge in [0.25, 0.3) is 0 Å². The van der Waals surface area contributed by atoms with Crippen molar-refractivity contribution >= 4 is 17.9 Å². The average Bonchev–Trinajstić information content (AvgIpc) is 3.28. The van der Waals surface area contributed by atoms with Gasteiger partial charge in [-0.25, -0.2) is 0 Å². The SMILES string of the molecule is CC/C=C\C/C=C\C/C=C\C/C=C\CCCCC(=O)O[C@H](COC(=O)CCCCCCC/C=C\CCCC)COC(=O)CCCCCCCC/C=C\C/C=C\C/C=C\CCCCC. The number of hydrogen-bond acceptors (Lipinski definition) is 6. The van der Waals surface area contributed by atoms with Gasteiger partial charge in [-0.1, -0.05) is 189 Å². The van der Waals surface area contributed by atoms with E-state index in [9.17, 15) is 14.4 Å². The third-order valence-electron chi connectivity index (χ3n) is 10.5. The van der Waals surface area contributed by atoms with E-state index in [0.29, 0.717) is 19.3 Å². The van der Waals surface area contributed by atoms with Crippen LogP contribution >= 0.6 is 0 Å². The highest BCUT2D eigenvalue weighted by molar-refractivity contribution is 5.71. The molecule has 0 aliphatic rings. The van der Waals surface area contributed by atoms with Gasteiger partial charge in [-0.3, -0.25) is 14.4 Å². The number of carbonyl (C=O) groups excluding carboxylic acids is 3. The van der Waals surface area contributed by atoms with Crippen molar-refractivity contribution in [3.8, 4) is 0 Å². The fourth-order valence-electron chi connectivity index (χ4n) is 6.65. The van der Waals surface area contributed by atoms with Crippen molar-refractivity contribution in [2.75, 3.05) is 13.2 Å². The second-order valence-electron chi connectivity index (χ2n) is 16.7. The largest absolute Gasteiger partial charge is 0.462 e. The van der Waals surface area contributed by atoms with Crippen LogP contribution in [0.4, 0.5) is 0 Å². The summed E-state index contributed by atoms with van der Waals surface area (Å²) in [5, 5.41) is 0. The molecule has 0 aromatic heterocycles. The van der Waals surface area contributed by atoms with Crippen LogP contribution in [0, 0.1) is 0 Å². The summed E-state index contributed by atoms with van der Waals surface area (Å²) in [6.07, 6.45) is 66.8. The standard InChI is InChI=1S/C57H94O6/c1-4-7-10-13-16-19-22-24-26-27-28-29-31-32-35-38-41-44-47-50-56(59)62-53-54(52-61-55(58)49-46-43-40-37-34-21-18-15-12-9-6-3)63-57(60)51-48-45-42-39-36-33-30-25-23-20-17-14-11-8-5-2/h8,11,15-20,24-26,28-30,36,39,54H,4-7,9-10,12-14,21-23,27,31-35,37-38,40-53H2,1-3H3/b11-8-,18-15-,19-16-,20-17-,26-24-,29-28-,30-25-,39-36-/t54-/m1/s1. The monoisotopic (exact) mass is 875 g/mol. The van der Waals surface area contributed by atoms with Crippen molar-refractivity contribution < 1.29 is 28.6 Å². The van der Waals surface area contributed by atoms with Crippen LogP contribution in [0.25, 0.3) is 0 Å². The predicted octanol–water partition coefficient (Wildman–Crippen LogP) is 17.0. The van der Waals surface area contributed by atoms with Gasteiger partial charge < -0.3 is 14.2 Å². The summed E-state index contributed by atoms with van der Waals surface area (Å²) in [4.78, 5) is 37.9. The molecule has 0 amide bonds. The highest BCUT2D eigenvalue weighted by Gasteiger charge is 2.19. The van der Waals surface area contributed by atoms with Crippen LogP contribution in [0.2, 0.25) is 0 Å². The van der Waals surface area contributed by atoms with Crippen LogP contribution in [0.1, 0.15) is 226 Å². The minimum Gasteiger partial charge on any atom is -0.462 e. The molecule has 6 heteroatoms. The minimum atomic E-state index is -0.808. The molecular weight excluding hydrogens is 781 g/mol. The third kappa shape index (κ3) is 49.2. The van der Waals surface area contributed by atoms with E-state index >= 15 is 0 Å². The Labute approximate surface area is 387 Å². The normalized spacial score (nSPS) is 12.9. The first-order valence-corrected chi connectivity index (χ1v) is 25.7. The average molecular weight is 875 g/mol. The Morgan fingerprint density at radius 2 is 0.635 bits per heavy atom. The second kappa shape index (κ2) is 51.0. The topological polar surface area (TPSA) is 78.9 Å². The molecule has 1 atom stereocenters. The fourth-order valence-corrected chi connectivity index (χ4v) is 6.65. The summed E-state index contributed by atoms with van der Waals surface area (Å²) in [7, 11) is 0. The Morgan fingerprint density at radius 3 is 1.06 bits per heavy atom. The molecule has 0 fully saturated rings. The van der Waals surface area contributed by atoms with Gasteiger partial charge in [0.05, 0.1) is 0 Å². The smallest absolute Gasteiger partial charge is 0.306 e. The van der Waals surface area contributed by atoms with Gasteiger partial charge in [-0.05, 0) is 116 Å². The van der Waals surface area contributed by atoms with Gasteiger partial charge in [0.2, 0.25) is 0 Å². The maximum Gasteiger partial charge on any atom is 0.306 e. The van der Waals surface area contributed by atoms with E-state index in [1.54, 1.807) is 0 Å². The zero-order valence-electron chi connectivity index (χ0n) is 40.8. The van der Waals surface area contributed by atoms with Gasteiger partial charge in [-0.2, -0.15) is 0 Å². The maximum atomic E-state index is 12.8. The molecule has 0 heterocycles. The van der Waals surface area contributed by atoms with Crippen LogP contribution in [0.15, 0.2) is 97.2 Å². The molecule has 0 aliphatic carbocycles. The number of ether oxygens (including phenoxy) is 3. The lowest BCUT2D eigenvalue weighted by molar-refractivity contribution is -0.167. The van der Waals surface area contributed by atoms with E-state index in [1.165, 1.54) is 64.2 Å². The molecule has 6 nitrogen and oxygen atoms in total. The first-order valence-electron chi connectivity index (χ1n) is 25.7. The molecule has 0 aliphatic heterocycles. The molecule has 0 rings (SSSR count). The first kappa shape index (κ1) is 59.3. The van der Waals surface area contributed by atoms with Gasteiger partial charge >= 0.3 is 17.9 Å². The highest BCUT2D eigenvalue weighted by atomic mass is 16.6. The lowest BCUT2D eigenvalue weighted by Gasteiger charge is -2.18.